The van der Waals surface area contributed by atoms with E-state index in [9.17, 15) is 4.79 Å². The molecule has 1 aliphatic heterocycles. The number of amides is 1. The van der Waals surface area contributed by atoms with Gasteiger partial charge in [-0.2, -0.15) is 0 Å². The van der Waals surface area contributed by atoms with Crippen LogP contribution in [-0.4, -0.2) is 19.1 Å². The molecule has 4 nitrogen and oxygen atoms in total. The predicted octanol–water partition coefficient (Wildman–Crippen LogP) is 3.59. The number of hydrogen-bond donors (Lipinski definition) is 1. The fourth-order valence-electron chi connectivity index (χ4n) is 2.57. The summed E-state index contributed by atoms with van der Waals surface area (Å²) >= 11 is 0. The monoisotopic (exact) mass is 319 g/mol. The van der Waals surface area contributed by atoms with Crippen LogP contribution in [0.2, 0.25) is 0 Å². The molecule has 2 aromatic carbocycles. The Hall–Kier alpha value is -3.19. The third-order valence-corrected chi connectivity index (χ3v) is 3.60. The fraction of sp³-hybridized carbons (Fsp3) is 0.150. The molecule has 0 saturated heterocycles. The first kappa shape index (κ1) is 15.7. The minimum Gasteiger partial charge on any atom is -0.490 e. The van der Waals surface area contributed by atoms with Crippen molar-refractivity contribution in [1.82, 2.24) is 0 Å². The second kappa shape index (κ2) is 6.93. The van der Waals surface area contributed by atoms with Crippen molar-refractivity contribution in [3.8, 4) is 23.8 Å². The van der Waals surface area contributed by atoms with E-state index in [4.69, 9.17) is 15.9 Å². The molecule has 2 aromatic rings. The van der Waals surface area contributed by atoms with Crippen LogP contribution in [0, 0.1) is 12.3 Å². The van der Waals surface area contributed by atoms with Gasteiger partial charge in [-0.25, -0.2) is 0 Å². The highest BCUT2D eigenvalue weighted by Gasteiger charge is 2.23. The van der Waals surface area contributed by atoms with Gasteiger partial charge in [-0.3, -0.25) is 4.79 Å². The molecule has 0 aliphatic carbocycles. The van der Waals surface area contributed by atoms with Gasteiger partial charge in [-0.05, 0) is 36.8 Å². The van der Waals surface area contributed by atoms with Crippen LogP contribution in [0.3, 0.4) is 0 Å². The molecule has 1 amide bonds. The first-order valence-electron chi connectivity index (χ1n) is 7.68. The number of fused-ring (bicyclic) bond motifs is 1. The number of carbonyl (C=O) groups excluding carboxylic acids is 1. The van der Waals surface area contributed by atoms with E-state index >= 15 is 0 Å². The van der Waals surface area contributed by atoms with E-state index in [-0.39, 0.29) is 12.5 Å². The second-order valence-electron chi connectivity index (χ2n) is 5.19. The van der Waals surface area contributed by atoms with E-state index in [1.807, 2.05) is 49.4 Å². The summed E-state index contributed by atoms with van der Waals surface area (Å²) in [5, 5.41) is 2.86. The van der Waals surface area contributed by atoms with Crippen LogP contribution in [0.25, 0.3) is 11.6 Å². The molecule has 0 saturated carbocycles. The van der Waals surface area contributed by atoms with E-state index < -0.39 is 0 Å². The maximum atomic E-state index is 12.2. The number of anilines is 1. The van der Waals surface area contributed by atoms with Crippen LogP contribution in [-0.2, 0) is 4.79 Å². The fourth-order valence-corrected chi connectivity index (χ4v) is 2.57. The van der Waals surface area contributed by atoms with E-state index in [2.05, 4.69) is 11.2 Å². The zero-order chi connectivity index (χ0) is 16.9. The van der Waals surface area contributed by atoms with Crippen LogP contribution < -0.4 is 14.8 Å². The summed E-state index contributed by atoms with van der Waals surface area (Å²) < 4.78 is 11.1. The zero-order valence-corrected chi connectivity index (χ0v) is 13.3. The first-order valence-corrected chi connectivity index (χ1v) is 7.68. The molecule has 0 fully saturated rings. The van der Waals surface area contributed by atoms with Crippen molar-refractivity contribution in [2.75, 3.05) is 18.5 Å². The van der Waals surface area contributed by atoms with E-state index in [0.717, 1.165) is 16.8 Å². The molecule has 120 valence electrons. The highest BCUT2D eigenvalue weighted by molar-refractivity contribution is 6.34. The SMILES string of the molecule is C#CCOc1ccc(/C=C2\C(=O)Nc3ccccc32)cc1OCC. The lowest BCUT2D eigenvalue weighted by molar-refractivity contribution is -0.110. The maximum absolute atomic E-state index is 12.2. The normalized spacial score (nSPS) is 14.0. The van der Waals surface area contributed by atoms with Gasteiger partial charge in [-0.15, -0.1) is 6.42 Å². The van der Waals surface area contributed by atoms with Crippen LogP contribution in [0.5, 0.6) is 11.5 Å². The molecule has 24 heavy (non-hydrogen) atoms. The number of ether oxygens (including phenoxy) is 2. The Balaban J connectivity index is 1.97. The van der Waals surface area contributed by atoms with Crippen molar-refractivity contribution in [2.24, 2.45) is 0 Å². The predicted molar refractivity (Wildman–Crippen MR) is 94.9 cm³/mol. The Morgan fingerprint density at radius 2 is 2.00 bits per heavy atom. The lowest BCUT2D eigenvalue weighted by Gasteiger charge is -2.11. The van der Waals surface area contributed by atoms with Crippen LogP contribution in [0.1, 0.15) is 18.1 Å². The second-order valence-corrected chi connectivity index (χ2v) is 5.19. The summed E-state index contributed by atoms with van der Waals surface area (Å²) in [6, 6.07) is 13.1. The Labute approximate surface area is 141 Å². The van der Waals surface area contributed by atoms with Gasteiger partial charge in [0.25, 0.3) is 5.91 Å². The smallest absolute Gasteiger partial charge is 0.256 e. The summed E-state index contributed by atoms with van der Waals surface area (Å²) in [4.78, 5) is 12.2. The van der Waals surface area contributed by atoms with Crippen molar-refractivity contribution in [3.05, 3.63) is 53.6 Å². The highest BCUT2D eigenvalue weighted by Crippen LogP contribution is 2.34. The number of rotatable bonds is 5. The first-order chi connectivity index (χ1) is 11.7. The average Bonchev–Trinajstić information content (AvgIpc) is 2.90. The summed E-state index contributed by atoms with van der Waals surface area (Å²) in [7, 11) is 0. The molecular weight excluding hydrogens is 302 g/mol. The average molecular weight is 319 g/mol. The van der Waals surface area contributed by atoms with Crippen LogP contribution in [0.15, 0.2) is 42.5 Å². The van der Waals surface area contributed by atoms with Crippen molar-refractivity contribution in [3.63, 3.8) is 0 Å². The number of terminal acetylenes is 1. The summed E-state index contributed by atoms with van der Waals surface area (Å²) in [5.74, 6) is 3.52. The molecular formula is C20H17NO3. The Morgan fingerprint density at radius 1 is 1.17 bits per heavy atom. The molecule has 0 unspecified atom stereocenters. The van der Waals surface area contributed by atoms with Crippen molar-refractivity contribution in [1.29, 1.82) is 0 Å². The minimum absolute atomic E-state index is 0.109. The molecule has 1 aliphatic rings. The van der Waals surface area contributed by atoms with Crippen LogP contribution in [0.4, 0.5) is 5.69 Å². The van der Waals surface area contributed by atoms with Gasteiger partial charge in [-0.1, -0.05) is 30.2 Å². The quantitative estimate of drug-likeness (QED) is 0.677. The van der Waals surface area contributed by atoms with Gasteiger partial charge in [0.05, 0.1) is 6.61 Å². The van der Waals surface area contributed by atoms with Crippen molar-refractivity contribution in [2.45, 2.75) is 6.92 Å². The molecule has 0 spiro atoms. The van der Waals surface area contributed by atoms with E-state index in [0.29, 0.717) is 23.7 Å². The summed E-state index contributed by atoms with van der Waals surface area (Å²) in [6.45, 7) is 2.59. The largest absolute Gasteiger partial charge is 0.490 e. The third kappa shape index (κ3) is 3.11. The molecule has 0 bridgehead atoms. The van der Waals surface area contributed by atoms with E-state index in [1.54, 1.807) is 6.07 Å². The van der Waals surface area contributed by atoms with Gasteiger partial charge < -0.3 is 14.8 Å². The topological polar surface area (TPSA) is 47.6 Å². The van der Waals surface area contributed by atoms with Crippen molar-refractivity contribution < 1.29 is 14.3 Å². The number of benzene rings is 2. The molecule has 0 aromatic heterocycles. The zero-order valence-electron chi connectivity index (χ0n) is 13.3. The Kier molecular flexibility index (Phi) is 4.53. The maximum Gasteiger partial charge on any atom is 0.256 e. The Bertz CT molecular complexity index is 846. The third-order valence-electron chi connectivity index (χ3n) is 3.60. The standard InChI is InChI=1S/C20H17NO3/c1-3-11-24-18-10-9-14(13-19(18)23-4-2)12-16-15-7-5-6-8-17(15)21-20(16)22/h1,5-10,12-13H,4,11H2,2H3,(H,21,22)/b16-12-. The van der Waals surface area contributed by atoms with Gasteiger partial charge in [0.15, 0.2) is 11.5 Å². The number of para-hydroxylation sites is 1. The van der Waals surface area contributed by atoms with Gasteiger partial charge in [0.2, 0.25) is 0 Å². The van der Waals surface area contributed by atoms with E-state index in [1.165, 1.54) is 0 Å². The molecule has 4 heteroatoms. The molecule has 1 heterocycles. The molecule has 3 rings (SSSR count). The number of nitrogens with one attached hydrogen (secondary N) is 1. The number of hydrogen-bond acceptors (Lipinski definition) is 3. The lowest BCUT2D eigenvalue weighted by Crippen LogP contribution is -2.03. The van der Waals surface area contributed by atoms with Gasteiger partial charge >= 0.3 is 0 Å². The highest BCUT2D eigenvalue weighted by atomic mass is 16.5. The molecule has 0 atom stereocenters. The molecule has 1 N–H and O–H groups in total. The Morgan fingerprint density at radius 3 is 2.79 bits per heavy atom. The van der Waals surface area contributed by atoms with Crippen LogP contribution >= 0.6 is 0 Å². The minimum atomic E-state index is -0.109. The number of carbonyl (C=O) groups is 1. The lowest BCUT2D eigenvalue weighted by atomic mass is 10.0. The van der Waals surface area contributed by atoms with Gasteiger partial charge in [0, 0.05) is 16.8 Å². The summed E-state index contributed by atoms with van der Waals surface area (Å²) in [5.41, 5.74) is 3.21. The summed E-state index contributed by atoms with van der Waals surface area (Å²) in [6.07, 6.45) is 7.07. The molecule has 0 radical (unpaired) electrons. The van der Waals surface area contributed by atoms with Gasteiger partial charge in [0.1, 0.15) is 6.61 Å². The van der Waals surface area contributed by atoms with Crippen molar-refractivity contribution >= 4 is 23.2 Å².